The molecule has 0 heterocycles. The summed E-state index contributed by atoms with van der Waals surface area (Å²) in [5.74, 6) is 0. The fraction of sp³-hybridized carbons (Fsp3) is 1.00. The molecule has 0 aliphatic carbocycles. The van der Waals surface area contributed by atoms with Crippen LogP contribution < -0.4 is 4.89 Å². The van der Waals surface area contributed by atoms with Gasteiger partial charge >= 0.3 is 0 Å². The van der Waals surface area contributed by atoms with Crippen molar-refractivity contribution in [2.45, 2.75) is 149 Å². The maximum atomic E-state index is 12.0. The number of nitrogens with zero attached hydrogens (tertiary/aromatic N) is 1. The lowest BCUT2D eigenvalue weighted by molar-refractivity contribution is -0.949. The molecular formula is C27H58NO4P. The summed E-state index contributed by atoms with van der Waals surface area (Å²) in [7, 11) is -2.04. The zero-order valence-corrected chi connectivity index (χ0v) is 24.0. The van der Waals surface area contributed by atoms with E-state index >= 15 is 0 Å². The van der Waals surface area contributed by atoms with Gasteiger partial charge in [0.1, 0.15) is 13.2 Å². The van der Waals surface area contributed by atoms with Gasteiger partial charge in [-0.15, -0.1) is 0 Å². The van der Waals surface area contributed by atoms with Gasteiger partial charge in [0.25, 0.3) is 7.82 Å². The van der Waals surface area contributed by atoms with Gasteiger partial charge in [0.2, 0.25) is 0 Å². The summed E-state index contributed by atoms with van der Waals surface area (Å²) in [6.07, 6.45) is 20.8. The first-order valence-electron chi connectivity index (χ1n) is 14.1. The van der Waals surface area contributed by atoms with E-state index in [9.17, 15) is 9.46 Å². The summed E-state index contributed by atoms with van der Waals surface area (Å²) >= 11 is 0. The van der Waals surface area contributed by atoms with Crippen LogP contribution in [0.2, 0.25) is 0 Å². The van der Waals surface area contributed by atoms with E-state index in [1.807, 2.05) is 0 Å². The molecule has 0 radical (unpaired) electrons. The highest BCUT2D eigenvalue weighted by Gasteiger charge is 2.29. The molecule has 0 rings (SSSR count). The Morgan fingerprint density at radius 2 is 0.970 bits per heavy atom. The van der Waals surface area contributed by atoms with Crippen molar-refractivity contribution >= 4 is 7.82 Å². The molecule has 0 saturated heterocycles. The smallest absolute Gasteiger partial charge is 0.268 e. The summed E-state index contributed by atoms with van der Waals surface area (Å²) < 4.78 is 22.9. The third-order valence-electron chi connectivity index (χ3n) is 7.43. The summed E-state index contributed by atoms with van der Waals surface area (Å²) in [4.78, 5) is 12.0. The van der Waals surface area contributed by atoms with Crippen molar-refractivity contribution in [3.05, 3.63) is 0 Å². The van der Waals surface area contributed by atoms with E-state index in [2.05, 4.69) is 41.7 Å². The molecule has 5 nitrogen and oxygen atoms in total. The van der Waals surface area contributed by atoms with Crippen LogP contribution in [-0.2, 0) is 13.6 Å². The maximum Gasteiger partial charge on any atom is 0.268 e. The van der Waals surface area contributed by atoms with Crippen LogP contribution in [-0.4, -0.2) is 43.4 Å². The first kappa shape index (κ1) is 33.1. The number of phosphoric acid groups is 1. The van der Waals surface area contributed by atoms with Crippen molar-refractivity contribution in [3.8, 4) is 0 Å². The Hall–Kier alpha value is 0.0700. The zero-order chi connectivity index (χ0) is 25.0. The molecule has 1 unspecified atom stereocenters. The molecule has 0 aromatic rings. The van der Waals surface area contributed by atoms with Crippen LogP contribution in [0.4, 0.5) is 0 Å². The van der Waals surface area contributed by atoms with Gasteiger partial charge in [-0.05, 0) is 34.1 Å². The first-order chi connectivity index (χ1) is 15.7. The van der Waals surface area contributed by atoms with Crippen molar-refractivity contribution in [3.63, 3.8) is 0 Å². The average Bonchev–Trinajstić information content (AvgIpc) is 2.75. The normalized spacial score (nSPS) is 14.3. The van der Waals surface area contributed by atoms with E-state index in [1.165, 1.54) is 83.5 Å². The molecule has 0 aliphatic heterocycles. The second kappa shape index (κ2) is 20.3. The molecule has 200 valence electrons. The Labute approximate surface area is 207 Å². The summed E-state index contributed by atoms with van der Waals surface area (Å²) in [6.45, 7) is 12.0. The van der Waals surface area contributed by atoms with E-state index in [0.29, 0.717) is 18.6 Å². The Bertz CT molecular complexity index is 477. The topological polar surface area (TPSA) is 58.6 Å². The predicted molar refractivity (Wildman–Crippen MR) is 140 cm³/mol. The molecule has 0 aromatic carbocycles. The first-order valence-corrected chi connectivity index (χ1v) is 15.6. The van der Waals surface area contributed by atoms with Crippen LogP contribution in [0, 0.1) is 0 Å². The number of quaternary nitrogens is 1. The van der Waals surface area contributed by atoms with Gasteiger partial charge in [-0.3, -0.25) is 4.57 Å². The van der Waals surface area contributed by atoms with E-state index in [0.717, 1.165) is 23.7 Å². The molecule has 33 heavy (non-hydrogen) atoms. The second-order valence-electron chi connectivity index (χ2n) is 10.7. The van der Waals surface area contributed by atoms with Crippen molar-refractivity contribution < 1.29 is 23.0 Å². The van der Waals surface area contributed by atoms with Gasteiger partial charge in [0, 0.05) is 0 Å². The molecule has 0 saturated carbocycles. The van der Waals surface area contributed by atoms with Crippen LogP contribution >= 0.6 is 7.82 Å². The van der Waals surface area contributed by atoms with Gasteiger partial charge in [0.15, 0.2) is 0 Å². The minimum absolute atomic E-state index is 0.173. The molecule has 0 aromatic heterocycles. The van der Waals surface area contributed by atoms with Crippen LogP contribution in [0.3, 0.4) is 0 Å². The van der Waals surface area contributed by atoms with E-state index in [-0.39, 0.29) is 13.2 Å². The highest BCUT2D eigenvalue weighted by molar-refractivity contribution is 7.45. The highest BCUT2D eigenvalue weighted by Crippen LogP contribution is 2.38. The second-order valence-corrected chi connectivity index (χ2v) is 12.1. The maximum absolute atomic E-state index is 12.0. The minimum Gasteiger partial charge on any atom is -0.756 e. The van der Waals surface area contributed by atoms with Crippen molar-refractivity contribution in [1.29, 1.82) is 0 Å². The molecule has 0 amide bonds. The molecule has 6 heteroatoms. The molecule has 0 aliphatic rings. The minimum atomic E-state index is -4.19. The van der Waals surface area contributed by atoms with Gasteiger partial charge in [0.05, 0.1) is 25.7 Å². The van der Waals surface area contributed by atoms with Gasteiger partial charge < -0.3 is 18.4 Å². The Morgan fingerprint density at radius 3 is 1.33 bits per heavy atom. The number of hydrogen-bond donors (Lipinski definition) is 0. The number of unbranched alkanes of at least 4 members (excludes halogenated alkanes) is 15. The standard InChI is InChI=1S/C27H58NO4P/c1-7-8-9-10-11-12-13-14-15-16-17-18-19-20-21-22-24-31-33(29,30)32-25-23-28(6,26(2)3)27(4)5/h26-27H,7-25H2,1-6H3. The monoisotopic (exact) mass is 491 g/mol. The van der Waals surface area contributed by atoms with Crippen LogP contribution in [0.25, 0.3) is 0 Å². The molecule has 0 bridgehead atoms. The third-order valence-corrected chi connectivity index (χ3v) is 8.43. The Kier molecular flexibility index (Phi) is 20.3. The average molecular weight is 492 g/mol. The number of hydrogen-bond acceptors (Lipinski definition) is 4. The summed E-state index contributed by atoms with van der Waals surface area (Å²) in [5, 5.41) is 0. The quantitative estimate of drug-likeness (QED) is 0.0779. The highest BCUT2D eigenvalue weighted by atomic mass is 31.2. The van der Waals surface area contributed by atoms with Crippen molar-refractivity contribution in [2.24, 2.45) is 0 Å². The molecule has 0 fully saturated rings. The molecule has 1 atom stereocenters. The predicted octanol–water partition coefficient (Wildman–Crippen LogP) is 8.01. The fourth-order valence-electron chi connectivity index (χ4n) is 4.33. The largest absolute Gasteiger partial charge is 0.756 e. The van der Waals surface area contributed by atoms with E-state index in [1.54, 1.807) is 0 Å². The lowest BCUT2D eigenvalue weighted by Crippen LogP contribution is -2.56. The van der Waals surface area contributed by atoms with Gasteiger partial charge in [-0.25, -0.2) is 0 Å². The van der Waals surface area contributed by atoms with Gasteiger partial charge in [-0.1, -0.05) is 103 Å². The lowest BCUT2D eigenvalue weighted by Gasteiger charge is -2.42. The zero-order valence-electron chi connectivity index (χ0n) is 23.1. The lowest BCUT2D eigenvalue weighted by atomic mass is 10.0. The Morgan fingerprint density at radius 1 is 0.636 bits per heavy atom. The number of likely N-dealkylation sites (N-methyl/N-ethyl adjacent to an activating group) is 1. The number of rotatable bonds is 24. The van der Waals surface area contributed by atoms with Crippen LogP contribution in [0.15, 0.2) is 0 Å². The summed E-state index contributed by atoms with van der Waals surface area (Å²) in [5.41, 5.74) is 0. The third kappa shape index (κ3) is 18.1. The molecule has 0 N–H and O–H groups in total. The van der Waals surface area contributed by atoms with Crippen molar-refractivity contribution in [2.75, 3.05) is 26.8 Å². The van der Waals surface area contributed by atoms with Crippen LogP contribution in [0.1, 0.15) is 137 Å². The SMILES string of the molecule is CCCCCCCCCCCCCCCCCCOP(=O)([O-])OCC[N+](C)(C(C)C)C(C)C. The summed E-state index contributed by atoms with van der Waals surface area (Å²) in [6, 6.07) is 0.816. The Balaban J connectivity index is 3.54. The van der Waals surface area contributed by atoms with Crippen molar-refractivity contribution in [1.82, 2.24) is 0 Å². The molecule has 0 spiro atoms. The van der Waals surface area contributed by atoms with Gasteiger partial charge in [-0.2, -0.15) is 0 Å². The number of phosphoric ester groups is 1. The van der Waals surface area contributed by atoms with Crippen LogP contribution in [0.5, 0.6) is 0 Å². The van der Waals surface area contributed by atoms with E-state index in [4.69, 9.17) is 9.05 Å². The van der Waals surface area contributed by atoms with E-state index < -0.39 is 7.82 Å². The fourth-order valence-corrected chi connectivity index (χ4v) is 5.06. The molecular weight excluding hydrogens is 433 g/mol.